The maximum absolute atomic E-state index is 12.1. The van der Waals surface area contributed by atoms with Crippen LogP contribution in [-0.4, -0.2) is 30.0 Å². The minimum absolute atomic E-state index is 0.0250. The second-order valence-corrected chi connectivity index (χ2v) is 5.90. The smallest absolute Gasteiger partial charge is 0.387 e. The largest absolute Gasteiger partial charge is 0.435 e. The second-order valence-electron chi connectivity index (χ2n) is 5.90. The highest BCUT2D eigenvalue weighted by atomic mass is 19.3. The lowest BCUT2D eigenvalue weighted by Crippen LogP contribution is -2.34. The predicted octanol–water partition coefficient (Wildman–Crippen LogP) is 2.54. The van der Waals surface area contributed by atoms with E-state index in [1.165, 1.54) is 18.3 Å². The highest BCUT2D eigenvalue weighted by Gasteiger charge is 2.43. The third kappa shape index (κ3) is 4.75. The number of aromatic nitrogens is 1. The maximum Gasteiger partial charge on any atom is 0.387 e. The normalized spacial score (nSPS) is 18.3. The van der Waals surface area contributed by atoms with E-state index in [4.69, 9.17) is 0 Å². The van der Waals surface area contributed by atoms with Crippen molar-refractivity contribution in [1.29, 1.82) is 0 Å². The van der Waals surface area contributed by atoms with Crippen molar-refractivity contribution < 1.29 is 23.1 Å². The minimum Gasteiger partial charge on any atom is -0.435 e. The summed E-state index contributed by atoms with van der Waals surface area (Å²) in [6.07, 6.45) is 3.76. The molecule has 0 radical (unpaired) electrons. The van der Waals surface area contributed by atoms with E-state index in [1.54, 1.807) is 30.5 Å². The van der Waals surface area contributed by atoms with Crippen LogP contribution in [0.15, 0.2) is 48.8 Å². The molecule has 1 saturated carbocycles. The van der Waals surface area contributed by atoms with E-state index in [1.807, 2.05) is 0 Å². The van der Waals surface area contributed by atoms with Gasteiger partial charge >= 0.3 is 6.61 Å². The summed E-state index contributed by atoms with van der Waals surface area (Å²) in [5.74, 6) is -0.654. The Labute approximate surface area is 148 Å². The van der Waals surface area contributed by atoms with Crippen molar-refractivity contribution >= 4 is 17.5 Å². The standard InChI is InChI=1S/C18H17F2N3O3/c19-18(20)26-13-5-3-11(4-6-13)14-8-15(14)17(25)22-10-16(24)23-12-2-1-7-21-9-12/h1-7,9,14-15,18H,8,10H2,(H,22,25)(H,23,24)/t14-,15+/m0/s1. The van der Waals surface area contributed by atoms with E-state index >= 15 is 0 Å². The molecule has 3 rings (SSSR count). The van der Waals surface area contributed by atoms with E-state index in [0.29, 0.717) is 12.1 Å². The first-order chi connectivity index (χ1) is 12.5. The Morgan fingerprint density at radius 3 is 2.65 bits per heavy atom. The quantitative estimate of drug-likeness (QED) is 0.794. The molecule has 0 aliphatic heterocycles. The molecule has 6 nitrogen and oxygen atoms in total. The number of carbonyl (C=O) groups is 2. The van der Waals surface area contributed by atoms with Crippen molar-refractivity contribution in [3.8, 4) is 5.75 Å². The summed E-state index contributed by atoms with van der Waals surface area (Å²) in [5, 5.41) is 5.24. The topological polar surface area (TPSA) is 80.3 Å². The number of hydrogen-bond donors (Lipinski definition) is 2. The number of hydrogen-bond acceptors (Lipinski definition) is 4. The lowest BCUT2D eigenvalue weighted by Gasteiger charge is -2.07. The van der Waals surface area contributed by atoms with Crippen LogP contribution in [0.25, 0.3) is 0 Å². The third-order valence-electron chi connectivity index (χ3n) is 4.03. The van der Waals surface area contributed by atoms with E-state index in [9.17, 15) is 18.4 Å². The highest BCUT2D eigenvalue weighted by molar-refractivity contribution is 5.95. The fraction of sp³-hybridized carbons (Fsp3) is 0.278. The zero-order chi connectivity index (χ0) is 18.5. The molecule has 0 unspecified atom stereocenters. The van der Waals surface area contributed by atoms with Crippen molar-refractivity contribution in [3.63, 3.8) is 0 Å². The molecule has 2 amide bonds. The summed E-state index contributed by atoms with van der Waals surface area (Å²) >= 11 is 0. The van der Waals surface area contributed by atoms with Gasteiger partial charge in [0.1, 0.15) is 5.75 Å². The summed E-state index contributed by atoms with van der Waals surface area (Å²) in [6.45, 7) is -2.99. The van der Waals surface area contributed by atoms with Crippen LogP contribution in [-0.2, 0) is 9.59 Å². The number of amides is 2. The summed E-state index contributed by atoms with van der Waals surface area (Å²) in [7, 11) is 0. The SMILES string of the molecule is O=C(CNC(=O)[C@@H]1C[C@H]1c1ccc(OC(F)F)cc1)Nc1cccnc1. The number of halogens is 2. The number of ether oxygens (including phenoxy) is 1. The fourth-order valence-corrected chi connectivity index (χ4v) is 2.69. The molecule has 8 heteroatoms. The molecule has 2 atom stereocenters. The van der Waals surface area contributed by atoms with Gasteiger partial charge in [0, 0.05) is 12.1 Å². The van der Waals surface area contributed by atoms with Crippen LogP contribution in [0.5, 0.6) is 5.75 Å². The van der Waals surface area contributed by atoms with Gasteiger partial charge in [-0.1, -0.05) is 12.1 Å². The van der Waals surface area contributed by atoms with Crippen molar-refractivity contribution in [2.75, 3.05) is 11.9 Å². The number of rotatable bonds is 7. The van der Waals surface area contributed by atoms with Gasteiger partial charge in [0.15, 0.2) is 0 Å². The summed E-state index contributed by atoms with van der Waals surface area (Å²) in [4.78, 5) is 27.8. The second kappa shape index (κ2) is 7.90. The van der Waals surface area contributed by atoms with Crippen molar-refractivity contribution in [3.05, 3.63) is 54.4 Å². The third-order valence-corrected chi connectivity index (χ3v) is 4.03. The van der Waals surface area contributed by atoms with Gasteiger partial charge in [0.25, 0.3) is 0 Å². The summed E-state index contributed by atoms with van der Waals surface area (Å²) in [6, 6.07) is 9.65. The van der Waals surface area contributed by atoms with Gasteiger partial charge in [0.2, 0.25) is 11.8 Å². The zero-order valence-corrected chi connectivity index (χ0v) is 13.7. The molecule has 26 heavy (non-hydrogen) atoms. The van der Waals surface area contributed by atoms with Crippen molar-refractivity contribution in [2.24, 2.45) is 5.92 Å². The fourth-order valence-electron chi connectivity index (χ4n) is 2.69. The van der Waals surface area contributed by atoms with Crippen LogP contribution < -0.4 is 15.4 Å². The van der Waals surface area contributed by atoms with Crippen molar-refractivity contribution in [1.82, 2.24) is 10.3 Å². The average Bonchev–Trinajstić information content (AvgIpc) is 3.41. The van der Waals surface area contributed by atoms with Gasteiger partial charge in [-0.15, -0.1) is 0 Å². The molecular weight excluding hydrogens is 344 g/mol. The number of pyridine rings is 1. The molecule has 0 bridgehead atoms. The zero-order valence-electron chi connectivity index (χ0n) is 13.7. The van der Waals surface area contributed by atoms with Crippen molar-refractivity contribution in [2.45, 2.75) is 19.0 Å². The van der Waals surface area contributed by atoms with Crippen LogP contribution in [0.2, 0.25) is 0 Å². The molecular formula is C18H17F2N3O3. The lowest BCUT2D eigenvalue weighted by atomic mass is 10.1. The van der Waals surface area contributed by atoms with E-state index in [2.05, 4.69) is 20.4 Å². The van der Waals surface area contributed by atoms with Gasteiger partial charge in [-0.25, -0.2) is 0 Å². The Bertz CT molecular complexity index is 769. The number of alkyl halides is 2. The first-order valence-electron chi connectivity index (χ1n) is 8.05. The molecule has 1 aliphatic rings. The molecule has 1 aromatic heterocycles. The average molecular weight is 361 g/mol. The first-order valence-corrected chi connectivity index (χ1v) is 8.05. The van der Waals surface area contributed by atoms with Gasteiger partial charge < -0.3 is 15.4 Å². The molecule has 2 N–H and O–H groups in total. The monoisotopic (exact) mass is 361 g/mol. The molecule has 1 heterocycles. The van der Waals surface area contributed by atoms with Gasteiger partial charge in [-0.2, -0.15) is 8.78 Å². The van der Waals surface area contributed by atoms with Gasteiger partial charge in [-0.3, -0.25) is 14.6 Å². The summed E-state index contributed by atoms with van der Waals surface area (Å²) in [5.41, 5.74) is 1.44. The lowest BCUT2D eigenvalue weighted by molar-refractivity contribution is -0.125. The molecule has 136 valence electrons. The van der Waals surface area contributed by atoms with Gasteiger partial charge in [0.05, 0.1) is 18.4 Å². The van der Waals surface area contributed by atoms with E-state index in [-0.39, 0.29) is 35.9 Å². The van der Waals surface area contributed by atoms with Gasteiger partial charge in [-0.05, 0) is 42.2 Å². The van der Waals surface area contributed by atoms with E-state index in [0.717, 1.165) is 5.56 Å². The molecule has 1 aromatic carbocycles. The van der Waals surface area contributed by atoms with E-state index < -0.39 is 6.61 Å². The summed E-state index contributed by atoms with van der Waals surface area (Å²) < 4.78 is 28.6. The van der Waals surface area contributed by atoms with Crippen LogP contribution in [0.4, 0.5) is 14.5 Å². The Kier molecular flexibility index (Phi) is 5.40. The Hall–Kier alpha value is -3.03. The van der Waals surface area contributed by atoms with Crippen LogP contribution >= 0.6 is 0 Å². The number of nitrogens with one attached hydrogen (secondary N) is 2. The first kappa shape index (κ1) is 17.8. The molecule has 2 aromatic rings. The minimum atomic E-state index is -2.86. The molecule has 0 spiro atoms. The number of nitrogens with zero attached hydrogens (tertiary/aromatic N) is 1. The maximum atomic E-state index is 12.1. The Balaban J connectivity index is 1.44. The highest BCUT2D eigenvalue weighted by Crippen LogP contribution is 2.47. The number of anilines is 1. The Morgan fingerprint density at radius 2 is 2.00 bits per heavy atom. The Morgan fingerprint density at radius 1 is 1.23 bits per heavy atom. The van der Waals surface area contributed by atoms with Crippen LogP contribution in [0, 0.1) is 5.92 Å². The molecule has 0 saturated heterocycles. The molecule has 1 aliphatic carbocycles. The predicted molar refractivity (Wildman–Crippen MR) is 89.8 cm³/mol. The molecule has 1 fully saturated rings. The number of benzene rings is 1. The van der Waals surface area contributed by atoms with Crippen LogP contribution in [0.3, 0.4) is 0 Å². The number of carbonyl (C=O) groups excluding carboxylic acids is 2. The van der Waals surface area contributed by atoms with Crippen LogP contribution in [0.1, 0.15) is 17.9 Å².